The number of carbonyl (C=O) groups excluding carboxylic acids is 2. The molecule has 8 heteroatoms. The first-order valence-corrected chi connectivity index (χ1v) is 8.48. The van der Waals surface area contributed by atoms with Crippen LogP contribution < -0.4 is 9.47 Å². The Morgan fingerprint density at radius 2 is 2.08 bits per heavy atom. The molecule has 0 heterocycles. The van der Waals surface area contributed by atoms with E-state index in [1.807, 2.05) is 13.0 Å². The Morgan fingerprint density at radius 3 is 2.64 bits per heavy atom. The van der Waals surface area contributed by atoms with Crippen molar-refractivity contribution >= 4 is 27.8 Å². The summed E-state index contributed by atoms with van der Waals surface area (Å²) in [5.41, 5.74) is 0.228. The van der Waals surface area contributed by atoms with Gasteiger partial charge >= 0.3 is 5.97 Å². The number of rotatable bonds is 8. The number of carbonyl (C=O) groups is 2. The van der Waals surface area contributed by atoms with Crippen LogP contribution in [0.5, 0.6) is 11.5 Å². The molecule has 136 valence electrons. The highest BCUT2D eigenvalue weighted by molar-refractivity contribution is 9.10. The summed E-state index contributed by atoms with van der Waals surface area (Å²) >= 11 is 3.34. The molecule has 25 heavy (non-hydrogen) atoms. The molecule has 0 radical (unpaired) electrons. The topological polar surface area (TPSA) is 88.9 Å². The number of amides is 1. The lowest BCUT2D eigenvalue weighted by atomic mass is 10.2. The molecule has 1 atom stereocenters. The van der Waals surface area contributed by atoms with E-state index in [1.165, 1.54) is 25.0 Å². The maximum atomic E-state index is 12.3. The van der Waals surface area contributed by atoms with Gasteiger partial charge in [0.1, 0.15) is 0 Å². The van der Waals surface area contributed by atoms with Crippen LogP contribution in [0.15, 0.2) is 16.6 Å². The third kappa shape index (κ3) is 5.64. The number of hydrogen-bond acceptors (Lipinski definition) is 6. The van der Waals surface area contributed by atoms with Crippen LogP contribution in [0.25, 0.3) is 0 Å². The van der Waals surface area contributed by atoms with Gasteiger partial charge in [0.05, 0.1) is 36.2 Å². The van der Waals surface area contributed by atoms with Crippen LogP contribution in [0.1, 0.15) is 30.6 Å². The second-order valence-corrected chi connectivity index (χ2v) is 5.99. The van der Waals surface area contributed by atoms with Gasteiger partial charge in [0.15, 0.2) is 17.6 Å². The van der Waals surface area contributed by atoms with Crippen molar-refractivity contribution in [2.75, 3.05) is 27.3 Å². The number of esters is 1. The van der Waals surface area contributed by atoms with Crippen LogP contribution >= 0.6 is 15.9 Å². The number of nitriles is 1. The summed E-state index contributed by atoms with van der Waals surface area (Å²) in [5, 5.41) is 8.57. The SMILES string of the molecule is CCOc1c(Br)cc(C(=O)O[C@@H](C)C(=O)N(C)CCC#N)cc1OC. The van der Waals surface area contributed by atoms with Gasteiger partial charge in [-0.15, -0.1) is 0 Å². The largest absolute Gasteiger partial charge is 0.493 e. The van der Waals surface area contributed by atoms with Gasteiger partial charge in [-0.3, -0.25) is 4.79 Å². The average molecular weight is 413 g/mol. The lowest BCUT2D eigenvalue weighted by Gasteiger charge is -2.20. The van der Waals surface area contributed by atoms with Gasteiger partial charge in [0.2, 0.25) is 0 Å². The molecule has 0 fully saturated rings. The van der Waals surface area contributed by atoms with Crippen molar-refractivity contribution in [3.05, 3.63) is 22.2 Å². The third-order valence-electron chi connectivity index (χ3n) is 3.32. The Balaban J connectivity index is 2.88. The molecule has 0 saturated heterocycles. The van der Waals surface area contributed by atoms with Crippen LogP contribution in [0.4, 0.5) is 0 Å². The fraction of sp³-hybridized carbons (Fsp3) is 0.471. The van der Waals surface area contributed by atoms with Gasteiger partial charge in [-0.2, -0.15) is 5.26 Å². The maximum absolute atomic E-state index is 12.3. The second kappa shape index (κ2) is 9.89. The lowest BCUT2D eigenvalue weighted by molar-refractivity contribution is -0.138. The second-order valence-electron chi connectivity index (χ2n) is 5.14. The summed E-state index contributed by atoms with van der Waals surface area (Å²) in [6.45, 7) is 4.05. The Labute approximate surface area is 155 Å². The van der Waals surface area contributed by atoms with Crippen LogP contribution in [0.3, 0.4) is 0 Å². The third-order valence-corrected chi connectivity index (χ3v) is 3.91. The van der Waals surface area contributed by atoms with E-state index in [4.69, 9.17) is 19.5 Å². The number of methoxy groups -OCH3 is 1. The van der Waals surface area contributed by atoms with Crippen molar-refractivity contribution < 1.29 is 23.8 Å². The number of halogens is 1. The predicted octanol–water partition coefficient (Wildman–Crippen LogP) is 2.77. The van der Waals surface area contributed by atoms with E-state index in [2.05, 4.69) is 15.9 Å². The fourth-order valence-electron chi connectivity index (χ4n) is 2.04. The number of benzene rings is 1. The Hall–Kier alpha value is -2.27. The van der Waals surface area contributed by atoms with Gasteiger partial charge in [0, 0.05) is 13.6 Å². The summed E-state index contributed by atoms with van der Waals surface area (Å²) in [6.07, 6.45) is -0.751. The zero-order valence-corrected chi connectivity index (χ0v) is 16.3. The first kappa shape index (κ1) is 20.8. The van der Waals surface area contributed by atoms with Gasteiger partial charge in [0.25, 0.3) is 5.91 Å². The monoisotopic (exact) mass is 412 g/mol. The molecule has 0 aliphatic rings. The van der Waals surface area contributed by atoms with Gasteiger partial charge in [-0.25, -0.2) is 4.79 Å². The van der Waals surface area contributed by atoms with E-state index in [-0.39, 0.29) is 24.4 Å². The molecule has 0 spiro atoms. The molecule has 0 aliphatic heterocycles. The molecule has 1 aromatic rings. The molecule has 1 aromatic carbocycles. The van der Waals surface area contributed by atoms with E-state index in [0.717, 1.165) is 0 Å². The van der Waals surface area contributed by atoms with E-state index in [9.17, 15) is 9.59 Å². The minimum Gasteiger partial charge on any atom is -0.493 e. The Kier molecular flexibility index (Phi) is 8.22. The molecule has 1 rings (SSSR count). The minimum atomic E-state index is -0.965. The van der Waals surface area contributed by atoms with Crippen molar-refractivity contribution in [2.45, 2.75) is 26.4 Å². The highest BCUT2D eigenvalue weighted by Crippen LogP contribution is 2.36. The van der Waals surface area contributed by atoms with Crippen LogP contribution in [-0.4, -0.2) is 50.2 Å². The lowest BCUT2D eigenvalue weighted by Crippen LogP contribution is -2.37. The number of likely N-dealkylation sites (N-methyl/N-ethyl adjacent to an activating group) is 1. The smallest absolute Gasteiger partial charge is 0.339 e. The first-order chi connectivity index (χ1) is 11.8. The van der Waals surface area contributed by atoms with Crippen molar-refractivity contribution in [1.82, 2.24) is 4.90 Å². The molecular formula is C17H21BrN2O5. The molecule has 0 bridgehead atoms. The van der Waals surface area contributed by atoms with Crippen LogP contribution in [0, 0.1) is 11.3 Å². The fourth-order valence-corrected chi connectivity index (χ4v) is 2.60. The molecule has 7 nitrogen and oxygen atoms in total. The van der Waals surface area contributed by atoms with E-state index in [1.54, 1.807) is 13.1 Å². The minimum absolute atomic E-state index is 0.214. The highest BCUT2D eigenvalue weighted by atomic mass is 79.9. The first-order valence-electron chi connectivity index (χ1n) is 7.68. The molecule has 0 unspecified atom stereocenters. The maximum Gasteiger partial charge on any atom is 0.339 e. The highest BCUT2D eigenvalue weighted by Gasteiger charge is 2.23. The Morgan fingerprint density at radius 1 is 1.40 bits per heavy atom. The van der Waals surface area contributed by atoms with Crippen molar-refractivity contribution in [1.29, 1.82) is 5.26 Å². The summed E-state index contributed by atoms with van der Waals surface area (Å²) in [5.74, 6) is -0.160. The van der Waals surface area contributed by atoms with E-state index < -0.39 is 12.1 Å². The van der Waals surface area contributed by atoms with Crippen LogP contribution in [-0.2, 0) is 9.53 Å². The number of nitrogens with zero attached hydrogens (tertiary/aromatic N) is 2. The number of ether oxygens (including phenoxy) is 3. The summed E-state index contributed by atoms with van der Waals surface area (Å²) < 4.78 is 16.5. The van der Waals surface area contributed by atoms with Gasteiger partial charge in [-0.1, -0.05) is 0 Å². The molecular weight excluding hydrogens is 392 g/mol. The van der Waals surface area contributed by atoms with E-state index in [0.29, 0.717) is 22.6 Å². The molecule has 1 amide bonds. The molecule has 0 N–H and O–H groups in total. The van der Waals surface area contributed by atoms with Crippen molar-refractivity contribution in [3.63, 3.8) is 0 Å². The normalized spacial score (nSPS) is 11.2. The molecule has 0 aromatic heterocycles. The summed E-state index contributed by atoms with van der Waals surface area (Å²) in [6, 6.07) is 5.00. The van der Waals surface area contributed by atoms with Gasteiger partial charge < -0.3 is 19.1 Å². The standard InChI is InChI=1S/C17H21BrN2O5/c1-5-24-15-13(18)9-12(10-14(15)23-4)17(22)25-11(2)16(21)20(3)8-6-7-19/h9-11H,5-6,8H2,1-4H3/t11-/m0/s1. The van der Waals surface area contributed by atoms with Crippen molar-refractivity contribution in [3.8, 4) is 17.6 Å². The predicted molar refractivity (Wildman–Crippen MR) is 94.6 cm³/mol. The van der Waals surface area contributed by atoms with Crippen molar-refractivity contribution in [2.24, 2.45) is 0 Å². The summed E-state index contributed by atoms with van der Waals surface area (Å²) in [4.78, 5) is 25.8. The zero-order chi connectivity index (χ0) is 19.0. The quantitative estimate of drug-likeness (QED) is 0.609. The van der Waals surface area contributed by atoms with Gasteiger partial charge in [-0.05, 0) is 41.9 Å². The van der Waals surface area contributed by atoms with Crippen LogP contribution in [0.2, 0.25) is 0 Å². The van der Waals surface area contributed by atoms with E-state index >= 15 is 0 Å². The summed E-state index contributed by atoms with van der Waals surface area (Å²) in [7, 11) is 3.02. The number of hydrogen-bond donors (Lipinski definition) is 0. The zero-order valence-electron chi connectivity index (χ0n) is 14.7. The molecule has 0 aliphatic carbocycles. The molecule has 0 saturated carbocycles. The Bertz CT molecular complexity index is 672. The average Bonchev–Trinajstić information content (AvgIpc) is 2.60.